The maximum Gasteiger partial charge on any atom is 0.223 e. The maximum absolute atomic E-state index is 13.0. The highest BCUT2D eigenvalue weighted by Gasteiger charge is 2.34. The van der Waals surface area contributed by atoms with E-state index in [0.717, 1.165) is 24.3 Å². The van der Waals surface area contributed by atoms with Gasteiger partial charge in [0.1, 0.15) is 12.2 Å². The Kier molecular flexibility index (Phi) is 4.26. The zero-order valence-electron chi connectivity index (χ0n) is 15.6. The molecule has 1 N–H and O–H groups in total. The Hall–Kier alpha value is -2.63. The molecule has 0 radical (unpaired) electrons. The molecule has 0 saturated heterocycles. The third kappa shape index (κ3) is 2.79. The van der Waals surface area contributed by atoms with Crippen LogP contribution >= 0.6 is 0 Å². The molecule has 3 heterocycles. The summed E-state index contributed by atoms with van der Waals surface area (Å²) in [7, 11) is 1.91. The summed E-state index contributed by atoms with van der Waals surface area (Å²) >= 11 is 0. The summed E-state index contributed by atoms with van der Waals surface area (Å²) in [5.74, 6) is 1.39. The van der Waals surface area contributed by atoms with E-state index in [1.807, 2.05) is 11.6 Å². The van der Waals surface area contributed by atoms with Gasteiger partial charge in [0.15, 0.2) is 0 Å². The summed E-state index contributed by atoms with van der Waals surface area (Å²) in [5, 5.41) is 9.27. The van der Waals surface area contributed by atoms with Crippen LogP contribution in [0, 0.1) is 5.92 Å². The molecule has 0 bridgehead atoms. The Morgan fingerprint density at radius 3 is 2.88 bits per heavy atom. The first-order valence-electron chi connectivity index (χ1n) is 9.28. The van der Waals surface area contributed by atoms with Gasteiger partial charge in [-0.2, -0.15) is 0 Å². The van der Waals surface area contributed by atoms with Crippen LogP contribution in [-0.2, 0) is 24.7 Å². The van der Waals surface area contributed by atoms with E-state index in [1.54, 1.807) is 6.33 Å². The minimum Gasteiger partial charge on any atom is -0.356 e. The summed E-state index contributed by atoms with van der Waals surface area (Å²) in [6, 6.07) is 8.52. The summed E-state index contributed by atoms with van der Waals surface area (Å²) < 4.78 is 1.87. The first-order chi connectivity index (χ1) is 12.6. The van der Waals surface area contributed by atoms with Crippen LogP contribution in [0.15, 0.2) is 30.6 Å². The van der Waals surface area contributed by atoms with Crippen LogP contribution in [-0.4, -0.2) is 37.1 Å². The summed E-state index contributed by atoms with van der Waals surface area (Å²) in [4.78, 5) is 18.6. The Bertz CT molecular complexity index is 939. The van der Waals surface area contributed by atoms with Gasteiger partial charge in [-0.15, -0.1) is 10.2 Å². The fourth-order valence-corrected chi connectivity index (χ4v) is 4.14. The van der Waals surface area contributed by atoms with E-state index in [2.05, 4.69) is 58.2 Å². The van der Waals surface area contributed by atoms with Crippen molar-refractivity contribution in [2.45, 2.75) is 39.2 Å². The van der Waals surface area contributed by atoms with Crippen molar-refractivity contribution in [3.63, 3.8) is 0 Å². The van der Waals surface area contributed by atoms with E-state index in [1.165, 1.54) is 16.6 Å². The molecule has 0 unspecified atom stereocenters. The van der Waals surface area contributed by atoms with Crippen LogP contribution in [0.25, 0.3) is 10.9 Å². The first kappa shape index (κ1) is 16.8. The van der Waals surface area contributed by atoms with E-state index in [9.17, 15) is 4.79 Å². The number of carbonyl (C=O) groups is 1. The molecule has 136 valence electrons. The normalized spacial score (nSPS) is 17.1. The van der Waals surface area contributed by atoms with Gasteiger partial charge >= 0.3 is 0 Å². The largest absolute Gasteiger partial charge is 0.356 e. The molecule has 1 atom stereocenters. The van der Waals surface area contributed by atoms with Gasteiger partial charge in [0.2, 0.25) is 5.91 Å². The highest BCUT2D eigenvalue weighted by Crippen LogP contribution is 2.38. The quantitative estimate of drug-likeness (QED) is 0.786. The van der Waals surface area contributed by atoms with Crippen molar-refractivity contribution in [1.82, 2.24) is 24.6 Å². The van der Waals surface area contributed by atoms with Crippen molar-refractivity contribution in [2.75, 3.05) is 6.54 Å². The lowest BCUT2D eigenvalue weighted by atomic mass is 9.90. The molecule has 1 aliphatic rings. The SMILES string of the molecule is CC(C)[C@H]1c2[nH]c3ccccc3c2CCN1C(=O)CCc1nncn1C. The number of hydrogen-bond donors (Lipinski definition) is 1. The first-order valence-corrected chi connectivity index (χ1v) is 9.28. The number of rotatable bonds is 4. The number of carbonyl (C=O) groups excluding carboxylic acids is 1. The minimum atomic E-state index is 0.0955. The van der Waals surface area contributed by atoms with Gasteiger partial charge in [0.05, 0.1) is 6.04 Å². The number of aromatic amines is 1. The monoisotopic (exact) mass is 351 g/mol. The maximum atomic E-state index is 13.0. The number of nitrogens with one attached hydrogen (secondary N) is 1. The van der Waals surface area contributed by atoms with E-state index in [0.29, 0.717) is 18.8 Å². The lowest BCUT2D eigenvalue weighted by Crippen LogP contribution is -2.42. The predicted octanol–water partition coefficient (Wildman–Crippen LogP) is 3.01. The molecule has 0 saturated carbocycles. The van der Waals surface area contributed by atoms with Crippen molar-refractivity contribution in [1.29, 1.82) is 0 Å². The molecule has 3 aromatic rings. The Morgan fingerprint density at radius 2 is 2.15 bits per heavy atom. The summed E-state index contributed by atoms with van der Waals surface area (Å²) in [6.45, 7) is 5.15. The molecule has 26 heavy (non-hydrogen) atoms. The molecule has 0 fully saturated rings. The number of fused-ring (bicyclic) bond motifs is 3. The standard InChI is InChI=1S/C20H25N5O/c1-13(2)20-19-15(14-6-4-5-7-16(14)22-19)10-11-25(20)18(26)9-8-17-23-21-12-24(17)3/h4-7,12-13,20,22H,8-11H2,1-3H3/t20-/m0/s1. The number of aryl methyl sites for hydroxylation is 2. The number of H-pyrrole nitrogens is 1. The Balaban J connectivity index is 1.60. The smallest absolute Gasteiger partial charge is 0.223 e. The predicted molar refractivity (Wildman–Crippen MR) is 101 cm³/mol. The highest BCUT2D eigenvalue weighted by atomic mass is 16.2. The second kappa shape index (κ2) is 6.59. The second-order valence-electron chi connectivity index (χ2n) is 7.45. The number of hydrogen-bond acceptors (Lipinski definition) is 3. The fraction of sp³-hybridized carbons (Fsp3) is 0.450. The lowest BCUT2D eigenvalue weighted by molar-refractivity contribution is -0.135. The van der Waals surface area contributed by atoms with Gasteiger partial charge in [0, 0.05) is 43.0 Å². The van der Waals surface area contributed by atoms with Gasteiger partial charge in [-0.25, -0.2) is 0 Å². The molecule has 0 spiro atoms. The number of aromatic nitrogens is 4. The van der Waals surface area contributed by atoms with Crippen LogP contribution in [0.5, 0.6) is 0 Å². The van der Waals surface area contributed by atoms with E-state index in [4.69, 9.17) is 0 Å². The third-order valence-electron chi connectivity index (χ3n) is 5.40. The number of nitrogens with zero attached hydrogens (tertiary/aromatic N) is 4. The highest BCUT2D eigenvalue weighted by molar-refractivity contribution is 5.86. The Morgan fingerprint density at radius 1 is 1.35 bits per heavy atom. The van der Waals surface area contributed by atoms with Crippen LogP contribution in [0.2, 0.25) is 0 Å². The van der Waals surface area contributed by atoms with E-state index < -0.39 is 0 Å². The molecule has 6 heteroatoms. The van der Waals surface area contributed by atoms with E-state index >= 15 is 0 Å². The molecule has 1 aliphatic heterocycles. The van der Waals surface area contributed by atoms with Crippen LogP contribution < -0.4 is 0 Å². The topological polar surface area (TPSA) is 66.8 Å². The Labute approximate surface area is 153 Å². The number of para-hydroxylation sites is 1. The number of amides is 1. The fourth-order valence-electron chi connectivity index (χ4n) is 4.14. The molecule has 1 aromatic carbocycles. The van der Waals surface area contributed by atoms with E-state index in [-0.39, 0.29) is 11.9 Å². The van der Waals surface area contributed by atoms with Crippen molar-refractivity contribution < 1.29 is 4.79 Å². The molecular weight excluding hydrogens is 326 g/mol. The van der Waals surface area contributed by atoms with Gasteiger partial charge in [-0.05, 0) is 24.0 Å². The lowest BCUT2D eigenvalue weighted by Gasteiger charge is -2.38. The van der Waals surface area contributed by atoms with Crippen molar-refractivity contribution >= 4 is 16.8 Å². The average Bonchev–Trinajstić information content (AvgIpc) is 3.21. The zero-order valence-corrected chi connectivity index (χ0v) is 15.6. The number of benzene rings is 1. The molecule has 0 aliphatic carbocycles. The molecule has 6 nitrogen and oxygen atoms in total. The third-order valence-corrected chi connectivity index (χ3v) is 5.40. The van der Waals surface area contributed by atoms with Crippen molar-refractivity contribution in [3.8, 4) is 0 Å². The van der Waals surface area contributed by atoms with Crippen LogP contribution in [0.1, 0.15) is 43.4 Å². The van der Waals surface area contributed by atoms with Gasteiger partial charge < -0.3 is 14.5 Å². The average molecular weight is 351 g/mol. The van der Waals surface area contributed by atoms with Gasteiger partial charge in [-0.1, -0.05) is 32.0 Å². The van der Waals surface area contributed by atoms with Crippen LogP contribution in [0.4, 0.5) is 0 Å². The molecule has 4 rings (SSSR count). The van der Waals surface area contributed by atoms with Crippen LogP contribution in [0.3, 0.4) is 0 Å². The molecular formula is C20H25N5O. The van der Waals surface area contributed by atoms with Gasteiger partial charge in [0.25, 0.3) is 0 Å². The summed E-state index contributed by atoms with van der Waals surface area (Å²) in [5.41, 5.74) is 3.74. The minimum absolute atomic E-state index is 0.0955. The van der Waals surface area contributed by atoms with Crippen molar-refractivity contribution in [3.05, 3.63) is 47.7 Å². The molecule has 2 aromatic heterocycles. The summed E-state index contributed by atoms with van der Waals surface area (Å²) in [6.07, 6.45) is 3.66. The zero-order chi connectivity index (χ0) is 18.3. The van der Waals surface area contributed by atoms with Gasteiger partial charge in [-0.3, -0.25) is 4.79 Å². The molecule has 1 amide bonds. The van der Waals surface area contributed by atoms with Crippen molar-refractivity contribution in [2.24, 2.45) is 13.0 Å². The second-order valence-corrected chi connectivity index (χ2v) is 7.45.